The van der Waals surface area contributed by atoms with Crippen LogP contribution >= 0.6 is 0 Å². The summed E-state index contributed by atoms with van der Waals surface area (Å²) in [4.78, 5) is 24.8. The number of nitrogens with two attached hydrogens (primary N) is 1. The molecule has 5 heterocycles. The second kappa shape index (κ2) is 7.24. The summed E-state index contributed by atoms with van der Waals surface area (Å²) in [5, 5.41) is 7.19. The molecule has 28 heavy (non-hydrogen) atoms. The van der Waals surface area contributed by atoms with Crippen molar-refractivity contribution in [3.8, 4) is 0 Å². The number of amides is 1. The Labute approximate surface area is 159 Å². The monoisotopic (exact) mass is 371 g/mol. The van der Waals surface area contributed by atoms with Crippen LogP contribution in [0.4, 0.5) is 4.79 Å². The highest BCUT2D eigenvalue weighted by molar-refractivity contribution is 5.77. The zero-order chi connectivity index (χ0) is 19.5. The van der Waals surface area contributed by atoms with E-state index in [1.165, 1.54) is 0 Å². The number of carboxylic acid groups (broad SMARTS) is 1. The van der Waals surface area contributed by atoms with Crippen LogP contribution in [0.3, 0.4) is 0 Å². The summed E-state index contributed by atoms with van der Waals surface area (Å²) in [5.41, 5.74) is 11.9. The van der Waals surface area contributed by atoms with Gasteiger partial charge in [0.25, 0.3) is 0 Å². The summed E-state index contributed by atoms with van der Waals surface area (Å²) >= 11 is 0. The van der Waals surface area contributed by atoms with Crippen LogP contribution in [0, 0.1) is 0 Å². The molecule has 5 N–H and O–H groups in total. The predicted molar refractivity (Wildman–Crippen MR) is 111 cm³/mol. The maximum absolute atomic E-state index is 8.78. The molecule has 0 spiro atoms. The van der Waals surface area contributed by atoms with Crippen molar-refractivity contribution in [3.05, 3.63) is 71.3 Å². The molecule has 3 aromatic heterocycles. The van der Waals surface area contributed by atoms with Crippen molar-refractivity contribution in [3.63, 3.8) is 0 Å². The zero-order valence-electron chi connectivity index (χ0n) is 14.8. The van der Waals surface area contributed by atoms with Gasteiger partial charge in [-0.25, -0.2) is 14.8 Å². The van der Waals surface area contributed by atoms with E-state index in [2.05, 4.69) is 56.0 Å². The number of carbonyl (C=O) groups is 1. The summed E-state index contributed by atoms with van der Waals surface area (Å²) in [7, 11) is 0. The number of aromatic amines is 2. The smallest absolute Gasteiger partial charge is 0.402 e. The number of nitrogens with one attached hydrogen (secondary N) is 2. The van der Waals surface area contributed by atoms with Gasteiger partial charge in [0.2, 0.25) is 0 Å². The van der Waals surface area contributed by atoms with Crippen LogP contribution in [0.1, 0.15) is 22.8 Å². The van der Waals surface area contributed by atoms with Gasteiger partial charge in [0.1, 0.15) is 0 Å². The third-order valence-electron chi connectivity index (χ3n) is 4.04. The normalized spacial score (nSPS) is 11.7. The summed E-state index contributed by atoms with van der Waals surface area (Å²) in [6.07, 6.45) is 6.71. The van der Waals surface area contributed by atoms with E-state index in [4.69, 9.17) is 9.90 Å². The van der Waals surface area contributed by atoms with Gasteiger partial charge in [-0.2, -0.15) is 0 Å². The zero-order valence-corrected chi connectivity index (χ0v) is 14.8. The molecule has 0 aliphatic carbocycles. The third-order valence-corrected chi connectivity index (χ3v) is 4.04. The fourth-order valence-electron chi connectivity index (χ4n) is 2.94. The topological polar surface area (TPSA) is 121 Å². The molecule has 2 aliphatic heterocycles. The van der Waals surface area contributed by atoms with E-state index in [9.17, 15) is 0 Å². The molecular formula is C21H17N5O2. The fraction of sp³-hybridized carbons (Fsp3) is 0. The SMILES string of the molecule is C1=Cc2cc3ccc(cc4ccc(cc5nc(cc1n2)C=C5)[nH]4)[nH]3.NC(=O)O. The molecule has 0 fully saturated rings. The maximum Gasteiger partial charge on any atom is 0.402 e. The van der Waals surface area contributed by atoms with Gasteiger partial charge in [0, 0.05) is 22.1 Å². The summed E-state index contributed by atoms with van der Waals surface area (Å²) < 4.78 is 0. The van der Waals surface area contributed by atoms with Gasteiger partial charge in [-0.1, -0.05) is 0 Å². The number of primary amides is 1. The Balaban J connectivity index is 0.000000442. The maximum atomic E-state index is 8.78. The Morgan fingerprint density at radius 2 is 1.00 bits per heavy atom. The first kappa shape index (κ1) is 17.3. The Morgan fingerprint density at radius 3 is 1.39 bits per heavy atom. The van der Waals surface area contributed by atoms with Gasteiger partial charge in [-0.05, 0) is 72.8 Å². The van der Waals surface area contributed by atoms with Crippen LogP contribution in [-0.4, -0.2) is 31.1 Å². The highest BCUT2D eigenvalue weighted by Crippen LogP contribution is 2.17. The molecular weight excluding hydrogens is 354 g/mol. The Bertz CT molecular complexity index is 1170. The lowest BCUT2D eigenvalue weighted by Crippen LogP contribution is -2.03. The summed E-state index contributed by atoms with van der Waals surface area (Å²) in [6.45, 7) is 0. The number of hydrogen-bond acceptors (Lipinski definition) is 3. The molecule has 0 aromatic carbocycles. The molecule has 8 bridgehead atoms. The molecule has 7 heteroatoms. The standard InChI is InChI=1S/C20H14N4.CH3NO2/c1-2-14-10-16-5-6-18(23-16)12-20-8-7-19(24-20)11-17-4-3-15(22-17)9-13(1)21-14;2-1(3)4/h1-12,21-22H;2H2,(H,3,4). The van der Waals surface area contributed by atoms with Crippen LogP contribution in [0.25, 0.3) is 46.4 Å². The molecule has 0 saturated carbocycles. The van der Waals surface area contributed by atoms with Gasteiger partial charge in [-0.15, -0.1) is 0 Å². The Morgan fingerprint density at radius 1 is 0.679 bits per heavy atom. The van der Waals surface area contributed by atoms with Gasteiger partial charge < -0.3 is 20.8 Å². The number of rotatable bonds is 0. The average Bonchev–Trinajstić information content (AvgIpc) is 3.39. The van der Waals surface area contributed by atoms with Crippen molar-refractivity contribution in [1.29, 1.82) is 0 Å². The molecule has 0 unspecified atom stereocenters. The first-order valence-electron chi connectivity index (χ1n) is 8.56. The minimum Gasteiger partial charge on any atom is -0.465 e. The highest BCUT2D eigenvalue weighted by Gasteiger charge is 2.02. The first-order chi connectivity index (χ1) is 13.5. The minimum atomic E-state index is -1.33. The van der Waals surface area contributed by atoms with Gasteiger partial charge in [-0.3, -0.25) is 0 Å². The Kier molecular flexibility index (Phi) is 4.47. The second-order valence-corrected chi connectivity index (χ2v) is 6.24. The molecule has 0 radical (unpaired) electrons. The molecule has 5 rings (SSSR count). The van der Waals surface area contributed by atoms with Gasteiger partial charge in [0.15, 0.2) is 0 Å². The first-order valence-corrected chi connectivity index (χ1v) is 8.56. The lowest BCUT2D eigenvalue weighted by molar-refractivity contribution is 0.205. The summed E-state index contributed by atoms with van der Waals surface area (Å²) in [5.74, 6) is 0. The van der Waals surface area contributed by atoms with Crippen LogP contribution in [0.2, 0.25) is 0 Å². The number of aromatic nitrogens is 4. The molecule has 138 valence electrons. The number of fused-ring (bicyclic) bond motifs is 8. The van der Waals surface area contributed by atoms with Crippen LogP contribution in [-0.2, 0) is 0 Å². The van der Waals surface area contributed by atoms with E-state index in [0.717, 1.165) is 44.8 Å². The van der Waals surface area contributed by atoms with Crippen molar-refractivity contribution in [2.75, 3.05) is 0 Å². The van der Waals surface area contributed by atoms with E-state index in [0.29, 0.717) is 0 Å². The second-order valence-electron chi connectivity index (χ2n) is 6.24. The predicted octanol–water partition coefficient (Wildman–Crippen LogP) is 4.28. The molecule has 3 aromatic rings. The van der Waals surface area contributed by atoms with Crippen LogP contribution in [0.15, 0.2) is 48.5 Å². The molecule has 7 nitrogen and oxygen atoms in total. The lowest BCUT2D eigenvalue weighted by Gasteiger charge is -1.86. The van der Waals surface area contributed by atoms with Crippen molar-refractivity contribution in [2.24, 2.45) is 5.73 Å². The van der Waals surface area contributed by atoms with Gasteiger partial charge in [0.05, 0.1) is 22.8 Å². The molecule has 2 aliphatic rings. The number of nitrogens with zero attached hydrogens (tertiary/aromatic N) is 2. The molecule has 0 atom stereocenters. The van der Waals surface area contributed by atoms with Crippen molar-refractivity contribution in [1.82, 2.24) is 19.9 Å². The van der Waals surface area contributed by atoms with Crippen molar-refractivity contribution < 1.29 is 9.90 Å². The number of hydrogen-bond donors (Lipinski definition) is 4. The van der Waals surface area contributed by atoms with E-state index in [1.54, 1.807) is 0 Å². The third kappa shape index (κ3) is 4.16. The van der Waals surface area contributed by atoms with Crippen LogP contribution < -0.4 is 5.73 Å². The lowest BCUT2D eigenvalue weighted by atomic mass is 10.3. The van der Waals surface area contributed by atoms with Crippen molar-refractivity contribution >= 4 is 52.5 Å². The van der Waals surface area contributed by atoms with E-state index >= 15 is 0 Å². The fourth-order valence-corrected chi connectivity index (χ4v) is 2.94. The number of H-pyrrole nitrogens is 2. The Hall–Kier alpha value is -4.13. The van der Waals surface area contributed by atoms with E-state index < -0.39 is 6.09 Å². The average molecular weight is 371 g/mol. The van der Waals surface area contributed by atoms with Crippen molar-refractivity contribution in [2.45, 2.75) is 0 Å². The largest absolute Gasteiger partial charge is 0.465 e. The quantitative estimate of drug-likeness (QED) is 0.325. The highest BCUT2D eigenvalue weighted by atomic mass is 16.4. The minimum absolute atomic E-state index is 0.915. The van der Waals surface area contributed by atoms with E-state index in [1.807, 2.05) is 42.5 Å². The summed E-state index contributed by atoms with van der Waals surface area (Å²) in [6, 6.07) is 16.4. The van der Waals surface area contributed by atoms with E-state index in [-0.39, 0.29) is 0 Å². The molecule has 0 saturated heterocycles. The van der Waals surface area contributed by atoms with Gasteiger partial charge >= 0.3 is 6.09 Å². The molecule has 1 amide bonds. The van der Waals surface area contributed by atoms with Crippen LogP contribution in [0.5, 0.6) is 0 Å².